The molecule has 1 heteroatoms. The van der Waals surface area contributed by atoms with Crippen LogP contribution >= 0.6 is 15.9 Å². The van der Waals surface area contributed by atoms with Gasteiger partial charge < -0.3 is 0 Å². The molecule has 0 radical (unpaired) electrons. The summed E-state index contributed by atoms with van der Waals surface area (Å²) in [5.74, 6) is 0.286. The van der Waals surface area contributed by atoms with Crippen LogP contribution in [0.3, 0.4) is 0 Å². The number of benzene rings is 3. The van der Waals surface area contributed by atoms with Crippen LogP contribution in [0.5, 0.6) is 0 Å². The van der Waals surface area contributed by atoms with Crippen LogP contribution in [-0.4, -0.2) is 0 Å². The normalized spacial score (nSPS) is 16.7. The molecule has 0 aliphatic heterocycles. The minimum Gasteiger partial charge on any atom is -0.0622 e. The molecular formula is C21H15Br. The molecule has 106 valence electrons. The fraction of sp³-hybridized carbons (Fsp3) is 0.0476. The van der Waals surface area contributed by atoms with E-state index in [2.05, 4.69) is 101 Å². The predicted molar refractivity (Wildman–Crippen MR) is 96.9 cm³/mol. The molecule has 0 bridgehead atoms. The summed E-state index contributed by atoms with van der Waals surface area (Å²) in [4.78, 5) is 0. The summed E-state index contributed by atoms with van der Waals surface area (Å²) in [7, 11) is 0. The van der Waals surface area contributed by atoms with Crippen LogP contribution < -0.4 is 0 Å². The summed E-state index contributed by atoms with van der Waals surface area (Å²) in [6, 6.07) is 30.1. The van der Waals surface area contributed by atoms with Gasteiger partial charge in [0.15, 0.2) is 0 Å². The minimum atomic E-state index is 0.286. The van der Waals surface area contributed by atoms with Gasteiger partial charge in [-0.15, -0.1) is 0 Å². The highest BCUT2D eigenvalue weighted by Gasteiger charge is 2.31. The maximum absolute atomic E-state index is 3.86. The average Bonchev–Trinajstić information content (AvgIpc) is 2.90. The zero-order valence-electron chi connectivity index (χ0n) is 12.0. The molecule has 0 N–H and O–H groups in total. The molecule has 1 atom stereocenters. The fourth-order valence-corrected chi connectivity index (χ4v) is 4.10. The van der Waals surface area contributed by atoms with E-state index in [-0.39, 0.29) is 5.92 Å². The van der Waals surface area contributed by atoms with E-state index < -0.39 is 0 Å². The van der Waals surface area contributed by atoms with Crippen LogP contribution in [-0.2, 0) is 0 Å². The first-order valence-electron chi connectivity index (χ1n) is 7.45. The second-order valence-corrected chi connectivity index (χ2v) is 6.32. The van der Waals surface area contributed by atoms with Crippen LogP contribution in [0, 0.1) is 0 Å². The average molecular weight is 347 g/mol. The Kier molecular flexibility index (Phi) is 3.44. The van der Waals surface area contributed by atoms with Crippen LogP contribution in [0.15, 0.2) is 84.9 Å². The van der Waals surface area contributed by atoms with E-state index in [1.807, 2.05) is 0 Å². The lowest BCUT2D eigenvalue weighted by molar-refractivity contribution is 1.07. The summed E-state index contributed by atoms with van der Waals surface area (Å²) in [5.41, 5.74) is 6.64. The molecule has 3 aromatic rings. The standard InChI is InChI=1S/C21H15Br/c22-21-18-14-8-7-13-17(18)19(15-9-3-1-4-10-15)20(21)16-11-5-2-6-12-16/h1-14,19H. The molecule has 0 heterocycles. The fourth-order valence-electron chi connectivity index (χ4n) is 3.28. The van der Waals surface area contributed by atoms with Crippen molar-refractivity contribution in [2.75, 3.05) is 0 Å². The Morgan fingerprint density at radius 3 is 1.95 bits per heavy atom. The lowest BCUT2D eigenvalue weighted by Crippen LogP contribution is -2.00. The van der Waals surface area contributed by atoms with Crippen LogP contribution in [0.2, 0.25) is 0 Å². The van der Waals surface area contributed by atoms with Crippen LogP contribution in [0.4, 0.5) is 0 Å². The molecule has 1 unspecified atom stereocenters. The third kappa shape index (κ3) is 2.13. The summed E-state index contributed by atoms with van der Waals surface area (Å²) in [5, 5.41) is 0. The minimum absolute atomic E-state index is 0.286. The summed E-state index contributed by atoms with van der Waals surface area (Å²) < 4.78 is 1.21. The third-order valence-corrected chi connectivity index (χ3v) is 5.11. The Morgan fingerprint density at radius 2 is 1.23 bits per heavy atom. The first kappa shape index (κ1) is 13.5. The second-order valence-electron chi connectivity index (χ2n) is 5.52. The number of halogens is 1. The quantitative estimate of drug-likeness (QED) is 0.526. The van der Waals surface area contributed by atoms with E-state index in [4.69, 9.17) is 0 Å². The Hall–Kier alpha value is -2.12. The molecule has 3 aromatic carbocycles. The third-order valence-electron chi connectivity index (χ3n) is 4.25. The zero-order chi connectivity index (χ0) is 14.9. The lowest BCUT2D eigenvalue weighted by Gasteiger charge is -2.18. The summed E-state index contributed by atoms with van der Waals surface area (Å²) in [6.45, 7) is 0. The van der Waals surface area contributed by atoms with Crippen molar-refractivity contribution in [2.45, 2.75) is 5.92 Å². The number of rotatable bonds is 2. The molecule has 0 amide bonds. The van der Waals surface area contributed by atoms with Crippen molar-refractivity contribution in [1.29, 1.82) is 0 Å². The van der Waals surface area contributed by atoms with Gasteiger partial charge in [-0.2, -0.15) is 0 Å². The molecule has 0 spiro atoms. The van der Waals surface area contributed by atoms with Crippen molar-refractivity contribution in [3.8, 4) is 0 Å². The van der Waals surface area contributed by atoms with Crippen molar-refractivity contribution in [2.24, 2.45) is 0 Å². The molecule has 1 aliphatic carbocycles. The highest BCUT2D eigenvalue weighted by molar-refractivity contribution is 9.15. The SMILES string of the molecule is BrC1=C(c2ccccc2)C(c2ccccc2)c2ccccc21. The van der Waals surface area contributed by atoms with Gasteiger partial charge in [-0.1, -0.05) is 84.9 Å². The smallest absolute Gasteiger partial charge is 0.0363 e. The Balaban J connectivity index is 1.97. The summed E-state index contributed by atoms with van der Waals surface area (Å²) in [6.07, 6.45) is 0. The maximum Gasteiger partial charge on any atom is 0.0363 e. The van der Waals surface area contributed by atoms with E-state index in [1.165, 1.54) is 32.3 Å². The molecular weight excluding hydrogens is 332 g/mol. The first-order chi connectivity index (χ1) is 10.9. The topological polar surface area (TPSA) is 0 Å². The number of hydrogen-bond acceptors (Lipinski definition) is 0. The highest BCUT2D eigenvalue weighted by atomic mass is 79.9. The summed E-state index contributed by atoms with van der Waals surface area (Å²) >= 11 is 3.86. The largest absolute Gasteiger partial charge is 0.0622 e. The van der Waals surface area contributed by atoms with Gasteiger partial charge in [0.25, 0.3) is 0 Å². The van der Waals surface area contributed by atoms with E-state index in [9.17, 15) is 0 Å². The second kappa shape index (κ2) is 5.58. The molecule has 0 nitrogen and oxygen atoms in total. The Morgan fingerprint density at radius 1 is 0.636 bits per heavy atom. The van der Waals surface area contributed by atoms with Crippen molar-refractivity contribution in [3.63, 3.8) is 0 Å². The van der Waals surface area contributed by atoms with Crippen molar-refractivity contribution in [1.82, 2.24) is 0 Å². The van der Waals surface area contributed by atoms with Gasteiger partial charge in [-0.05, 0) is 43.8 Å². The van der Waals surface area contributed by atoms with Gasteiger partial charge in [0.2, 0.25) is 0 Å². The van der Waals surface area contributed by atoms with Gasteiger partial charge in [0, 0.05) is 10.4 Å². The Bertz CT molecular complexity index is 832. The lowest BCUT2D eigenvalue weighted by atomic mass is 9.85. The van der Waals surface area contributed by atoms with Crippen LogP contribution in [0.25, 0.3) is 10.1 Å². The van der Waals surface area contributed by atoms with E-state index in [1.54, 1.807) is 0 Å². The monoisotopic (exact) mass is 346 g/mol. The molecule has 1 aliphatic rings. The van der Waals surface area contributed by atoms with Crippen molar-refractivity contribution in [3.05, 3.63) is 107 Å². The highest BCUT2D eigenvalue weighted by Crippen LogP contribution is 2.52. The molecule has 22 heavy (non-hydrogen) atoms. The van der Waals surface area contributed by atoms with Crippen LogP contribution in [0.1, 0.15) is 28.2 Å². The van der Waals surface area contributed by atoms with Crippen molar-refractivity contribution < 1.29 is 0 Å². The van der Waals surface area contributed by atoms with E-state index in [0.29, 0.717) is 0 Å². The number of hydrogen-bond donors (Lipinski definition) is 0. The molecule has 0 aromatic heterocycles. The maximum atomic E-state index is 3.86. The van der Waals surface area contributed by atoms with Gasteiger partial charge in [-0.3, -0.25) is 0 Å². The first-order valence-corrected chi connectivity index (χ1v) is 8.25. The molecule has 0 fully saturated rings. The molecule has 0 saturated carbocycles. The van der Waals surface area contributed by atoms with E-state index >= 15 is 0 Å². The number of fused-ring (bicyclic) bond motifs is 1. The molecule has 4 rings (SSSR count). The van der Waals surface area contributed by atoms with E-state index in [0.717, 1.165) is 0 Å². The number of allylic oxidation sites excluding steroid dienone is 1. The van der Waals surface area contributed by atoms with Gasteiger partial charge in [-0.25, -0.2) is 0 Å². The zero-order valence-corrected chi connectivity index (χ0v) is 13.6. The van der Waals surface area contributed by atoms with Gasteiger partial charge >= 0.3 is 0 Å². The van der Waals surface area contributed by atoms with Gasteiger partial charge in [0.1, 0.15) is 0 Å². The van der Waals surface area contributed by atoms with Crippen molar-refractivity contribution >= 4 is 26.0 Å². The predicted octanol–water partition coefficient (Wildman–Crippen LogP) is 6.10. The molecule has 0 saturated heterocycles. The Labute approximate surface area is 139 Å². The van der Waals surface area contributed by atoms with Gasteiger partial charge in [0.05, 0.1) is 0 Å².